The van der Waals surface area contributed by atoms with Gasteiger partial charge in [0.15, 0.2) is 0 Å². The second-order valence-electron chi connectivity index (χ2n) is 1.65. The summed E-state index contributed by atoms with van der Waals surface area (Å²) in [5.41, 5.74) is 1.32. The minimum absolute atomic E-state index is 0. The van der Waals surface area contributed by atoms with Crippen molar-refractivity contribution in [1.82, 2.24) is 6.15 Å². The standard InChI is InChI=1S/C7H8.CH4.H3N/c1-7-5-3-2-4-6-7;;/h2-6H,1H3;1H4;1H3. The lowest BCUT2D eigenvalue weighted by atomic mass is 10.2. The quantitative estimate of drug-likeness (QED) is 0.568. The molecule has 1 aromatic carbocycles. The van der Waals surface area contributed by atoms with Crippen LogP contribution in [-0.4, -0.2) is 0 Å². The summed E-state index contributed by atoms with van der Waals surface area (Å²) in [6.07, 6.45) is 0. The van der Waals surface area contributed by atoms with Gasteiger partial charge in [0.2, 0.25) is 0 Å². The lowest BCUT2D eigenvalue weighted by molar-refractivity contribution is 1.48. The molecule has 1 aromatic rings. The maximum atomic E-state index is 2.08. The zero-order chi connectivity index (χ0) is 5.11. The van der Waals surface area contributed by atoms with Gasteiger partial charge in [-0.1, -0.05) is 43.3 Å². The molecule has 1 heteroatoms. The Kier molecular flexibility index (Phi) is 6.53. The number of aryl methyl sites for hydroxylation is 1. The Morgan fingerprint density at radius 2 is 1.44 bits per heavy atom. The Hall–Kier alpha value is -0.820. The number of benzene rings is 1. The Labute approximate surface area is 57.3 Å². The van der Waals surface area contributed by atoms with Gasteiger partial charge in [-0.25, -0.2) is 0 Å². The molecule has 0 heterocycles. The SMILES string of the molecule is C.Cc1ccccc1.N. The van der Waals surface area contributed by atoms with E-state index in [4.69, 9.17) is 0 Å². The third-order valence-electron chi connectivity index (χ3n) is 0.940. The molecule has 0 aromatic heterocycles. The van der Waals surface area contributed by atoms with E-state index in [1.807, 2.05) is 18.2 Å². The van der Waals surface area contributed by atoms with E-state index in [1.165, 1.54) is 5.56 Å². The largest absolute Gasteiger partial charge is 0.344 e. The van der Waals surface area contributed by atoms with E-state index in [2.05, 4.69) is 19.1 Å². The zero-order valence-electron chi connectivity index (χ0n) is 5.09. The second kappa shape index (κ2) is 5.32. The second-order valence-corrected chi connectivity index (χ2v) is 1.65. The maximum Gasteiger partial charge on any atom is -0.0398 e. The molecule has 0 saturated heterocycles. The Bertz CT molecular complexity index is 134. The molecule has 0 unspecified atom stereocenters. The predicted octanol–water partition coefficient (Wildman–Crippen LogP) is 2.79. The molecule has 0 bridgehead atoms. The van der Waals surface area contributed by atoms with Gasteiger partial charge in [0.25, 0.3) is 0 Å². The molecule has 9 heavy (non-hydrogen) atoms. The number of hydrogen-bond acceptors (Lipinski definition) is 1. The summed E-state index contributed by atoms with van der Waals surface area (Å²) < 4.78 is 0. The fourth-order valence-electron chi connectivity index (χ4n) is 0.534. The van der Waals surface area contributed by atoms with Crippen molar-refractivity contribution in [1.29, 1.82) is 0 Å². The minimum atomic E-state index is 0. The number of hydrogen-bond donors (Lipinski definition) is 1. The van der Waals surface area contributed by atoms with Crippen LogP contribution in [0.5, 0.6) is 0 Å². The highest BCUT2D eigenvalue weighted by atomic mass is 14.0. The first-order valence-electron chi connectivity index (χ1n) is 2.41. The molecule has 0 radical (unpaired) electrons. The molecule has 1 rings (SSSR count). The monoisotopic (exact) mass is 125 g/mol. The van der Waals surface area contributed by atoms with Gasteiger partial charge in [-0.2, -0.15) is 0 Å². The van der Waals surface area contributed by atoms with E-state index in [1.54, 1.807) is 0 Å². The molecular weight excluding hydrogens is 110 g/mol. The molecule has 0 atom stereocenters. The third-order valence-corrected chi connectivity index (χ3v) is 0.940. The van der Waals surface area contributed by atoms with E-state index in [0.29, 0.717) is 0 Å². The van der Waals surface area contributed by atoms with Crippen molar-refractivity contribution in [3.05, 3.63) is 35.9 Å². The molecule has 0 aliphatic heterocycles. The summed E-state index contributed by atoms with van der Waals surface area (Å²) in [6, 6.07) is 10.3. The first-order chi connectivity index (χ1) is 3.39. The molecule has 3 N–H and O–H groups in total. The van der Waals surface area contributed by atoms with Crippen molar-refractivity contribution in [3.63, 3.8) is 0 Å². The van der Waals surface area contributed by atoms with Gasteiger partial charge in [-0.05, 0) is 6.92 Å². The van der Waals surface area contributed by atoms with E-state index in [0.717, 1.165) is 0 Å². The number of rotatable bonds is 0. The summed E-state index contributed by atoms with van der Waals surface area (Å²) in [5, 5.41) is 0. The van der Waals surface area contributed by atoms with E-state index >= 15 is 0 Å². The molecule has 0 amide bonds. The topological polar surface area (TPSA) is 35.0 Å². The highest BCUT2D eigenvalue weighted by Gasteiger charge is 1.72. The summed E-state index contributed by atoms with van der Waals surface area (Å²) in [7, 11) is 0. The van der Waals surface area contributed by atoms with Crippen molar-refractivity contribution in [2.45, 2.75) is 14.4 Å². The fourth-order valence-corrected chi connectivity index (χ4v) is 0.534. The Morgan fingerprint density at radius 1 is 1.00 bits per heavy atom. The van der Waals surface area contributed by atoms with Crippen LogP contribution >= 0.6 is 0 Å². The molecule has 0 aliphatic carbocycles. The Morgan fingerprint density at radius 3 is 1.67 bits per heavy atom. The molecule has 0 fully saturated rings. The smallest absolute Gasteiger partial charge is 0.0398 e. The van der Waals surface area contributed by atoms with Crippen LogP contribution in [-0.2, 0) is 0 Å². The molecule has 1 nitrogen and oxygen atoms in total. The Balaban J connectivity index is 0. The maximum absolute atomic E-state index is 2.08. The minimum Gasteiger partial charge on any atom is -0.344 e. The lowest BCUT2D eigenvalue weighted by Gasteiger charge is -1.82. The predicted molar refractivity (Wildman–Crippen MR) is 42.9 cm³/mol. The van der Waals surface area contributed by atoms with E-state index < -0.39 is 0 Å². The first-order valence-corrected chi connectivity index (χ1v) is 2.41. The van der Waals surface area contributed by atoms with Gasteiger partial charge < -0.3 is 6.15 Å². The summed E-state index contributed by atoms with van der Waals surface area (Å²) >= 11 is 0. The van der Waals surface area contributed by atoms with Crippen LogP contribution in [0.4, 0.5) is 0 Å². The summed E-state index contributed by atoms with van der Waals surface area (Å²) in [4.78, 5) is 0. The average Bonchev–Trinajstić information content (AvgIpc) is 1.69. The normalized spacial score (nSPS) is 6.78. The molecule has 0 spiro atoms. The highest BCUT2D eigenvalue weighted by molar-refractivity contribution is 5.11. The van der Waals surface area contributed by atoms with E-state index in [9.17, 15) is 0 Å². The summed E-state index contributed by atoms with van der Waals surface area (Å²) in [5.74, 6) is 0. The van der Waals surface area contributed by atoms with Gasteiger partial charge in [-0.3, -0.25) is 0 Å². The first kappa shape index (κ1) is 11.0. The van der Waals surface area contributed by atoms with Crippen LogP contribution in [0.3, 0.4) is 0 Å². The van der Waals surface area contributed by atoms with Gasteiger partial charge >= 0.3 is 0 Å². The molecular formula is C8H15N. The van der Waals surface area contributed by atoms with Crippen molar-refractivity contribution in [2.24, 2.45) is 0 Å². The highest BCUT2D eigenvalue weighted by Crippen LogP contribution is 1.92. The van der Waals surface area contributed by atoms with Crippen LogP contribution in [0.2, 0.25) is 0 Å². The molecule has 0 aliphatic rings. The van der Waals surface area contributed by atoms with Crippen LogP contribution in [0.1, 0.15) is 13.0 Å². The van der Waals surface area contributed by atoms with Gasteiger partial charge in [0.05, 0.1) is 0 Å². The van der Waals surface area contributed by atoms with Gasteiger partial charge in [0.1, 0.15) is 0 Å². The fraction of sp³-hybridized carbons (Fsp3) is 0.250. The van der Waals surface area contributed by atoms with Crippen LogP contribution in [0.15, 0.2) is 30.3 Å². The summed E-state index contributed by atoms with van der Waals surface area (Å²) in [6.45, 7) is 2.08. The average molecular weight is 125 g/mol. The van der Waals surface area contributed by atoms with Gasteiger partial charge in [0, 0.05) is 0 Å². The van der Waals surface area contributed by atoms with Crippen molar-refractivity contribution in [3.8, 4) is 0 Å². The zero-order valence-corrected chi connectivity index (χ0v) is 5.09. The van der Waals surface area contributed by atoms with E-state index in [-0.39, 0.29) is 13.6 Å². The van der Waals surface area contributed by atoms with Crippen LogP contribution < -0.4 is 6.15 Å². The molecule has 0 saturated carbocycles. The van der Waals surface area contributed by atoms with Crippen LogP contribution in [0.25, 0.3) is 0 Å². The van der Waals surface area contributed by atoms with Gasteiger partial charge in [-0.15, -0.1) is 0 Å². The lowest BCUT2D eigenvalue weighted by Crippen LogP contribution is -1.62. The van der Waals surface area contributed by atoms with Crippen molar-refractivity contribution < 1.29 is 0 Å². The van der Waals surface area contributed by atoms with Crippen molar-refractivity contribution in [2.75, 3.05) is 0 Å². The molecule has 52 valence electrons. The van der Waals surface area contributed by atoms with Crippen LogP contribution in [0, 0.1) is 6.92 Å². The third kappa shape index (κ3) is 3.74. The van der Waals surface area contributed by atoms with Crippen molar-refractivity contribution >= 4 is 0 Å².